The third-order valence-corrected chi connectivity index (χ3v) is 4.75. The SMILES string of the molecule is CCC1CNCCC12CCCCC2OC. The van der Waals surface area contributed by atoms with Gasteiger partial charge in [0.1, 0.15) is 0 Å². The maximum absolute atomic E-state index is 5.79. The number of ether oxygens (including phenoxy) is 1. The van der Waals surface area contributed by atoms with Crippen LogP contribution in [0, 0.1) is 11.3 Å². The molecule has 0 aromatic heterocycles. The highest BCUT2D eigenvalue weighted by Gasteiger charge is 2.47. The molecular formula is C13H25NO. The van der Waals surface area contributed by atoms with Crippen LogP contribution in [0.4, 0.5) is 0 Å². The predicted octanol–water partition coefficient (Wildman–Crippen LogP) is 2.58. The minimum Gasteiger partial charge on any atom is -0.381 e. The van der Waals surface area contributed by atoms with Crippen molar-refractivity contribution in [3.05, 3.63) is 0 Å². The summed E-state index contributed by atoms with van der Waals surface area (Å²) < 4.78 is 5.79. The molecule has 3 unspecified atom stereocenters. The molecule has 0 aromatic carbocycles. The molecule has 1 saturated heterocycles. The van der Waals surface area contributed by atoms with E-state index in [1.807, 2.05) is 7.11 Å². The van der Waals surface area contributed by atoms with E-state index in [1.165, 1.54) is 51.6 Å². The molecule has 1 aliphatic heterocycles. The first-order valence-corrected chi connectivity index (χ1v) is 6.57. The Balaban J connectivity index is 2.17. The molecule has 88 valence electrons. The number of hydrogen-bond acceptors (Lipinski definition) is 2. The van der Waals surface area contributed by atoms with Gasteiger partial charge in [0.05, 0.1) is 6.10 Å². The smallest absolute Gasteiger partial charge is 0.0631 e. The summed E-state index contributed by atoms with van der Waals surface area (Å²) in [4.78, 5) is 0. The molecule has 1 saturated carbocycles. The first-order valence-electron chi connectivity index (χ1n) is 6.57. The zero-order valence-electron chi connectivity index (χ0n) is 10.2. The second-order valence-electron chi connectivity index (χ2n) is 5.26. The van der Waals surface area contributed by atoms with Crippen molar-refractivity contribution in [1.82, 2.24) is 5.32 Å². The molecule has 0 aromatic rings. The third kappa shape index (κ3) is 1.94. The highest BCUT2D eigenvalue weighted by molar-refractivity contribution is 4.98. The van der Waals surface area contributed by atoms with Crippen molar-refractivity contribution in [2.24, 2.45) is 11.3 Å². The Kier molecular flexibility index (Phi) is 3.68. The lowest BCUT2D eigenvalue weighted by atomic mass is 9.60. The van der Waals surface area contributed by atoms with Crippen LogP contribution in [0.2, 0.25) is 0 Å². The van der Waals surface area contributed by atoms with Crippen LogP contribution in [0.25, 0.3) is 0 Å². The highest BCUT2D eigenvalue weighted by atomic mass is 16.5. The van der Waals surface area contributed by atoms with E-state index >= 15 is 0 Å². The van der Waals surface area contributed by atoms with Crippen molar-refractivity contribution in [1.29, 1.82) is 0 Å². The van der Waals surface area contributed by atoms with Crippen LogP contribution in [-0.4, -0.2) is 26.3 Å². The van der Waals surface area contributed by atoms with Gasteiger partial charge in [-0.25, -0.2) is 0 Å². The monoisotopic (exact) mass is 211 g/mol. The van der Waals surface area contributed by atoms with Crippen molar-refractivity contribution >= 4 is 0 Å². The number of piperidine rings is 1. The Bertz CT molecular complexity index is 183. The minimum atomic E-state index is 0.507. The summed E-state index contributed by atoms with van der Waals surface area (Å²) in [5, 5.41) is 3.55. The van der Waals surface area contributed by atoms with Gasteiger partial charge in [0.15, 0.2) is 0 Å². The van der Waals surface area contributed by atoms with Crippen LogP contribution in [0.5, 0.6) is 0 Å². The van der Waals surface area contributed by atoms with E-state index in [0.717, 1.165) is 5.92 Å². The summed E-state index contributed by atoms with van der Waals surface area (Å²) in [5.74, 6) is 0.830. The fraction of sp³-hybridized carbons (Fsp3) is 1.00. The highest BCUT2D eigenvalue weighted by Crippen LogP contribution is 2.48. The Morgan fingerprint density at radius 1 is 1.33 bits per heavy atom. The first-order chi connectivity index (χ1) is 7.33. The van der Waals surface area contributed by atoms with E-state index in [4.69, 9.17) is 4.74 Å². The van der Waals surface area contributed by atoms with E-state index in [-0.39, 0.29) is 0 Å². The summed E-state index contributed by atoms with van der Waals surface area (Å²) in [6, 6.07) is 0. The molecule has 1 heterocycles. The second kappa shape index (κ2) is 4.84. The number of methoxy groups -OCH3 is 1. The predicted molar refractivity (Wildman–Crippen MR) is 63.0 cm³/mol. The van der Waals surface area contributed by atoms with Gasteiger partial charge in [-0.2, -0.15) is 0 Å². The van der Waals surface area contributed by atoms with Crippen LogP contribution in [-0.2, 0) is 4.74 Å². The molecule has 1 aliphatic carbocycles. The summed E-state index contributed by atoms with van der Waals surface area (Å²) in [7, 11) is 1.91. The number of nitrogens with one attached hydrogen (secondary N) is 1. The van der Waals surface area contributed by atoms with Gasteiger partial charge in [0.2, 0.25) is 0 Å². The fourth-order valence-corrected chi connectivity index (χ4v) is 3.89. The number of rotatable bonds is 2. The van der Waals surface area contributed by atoms with Crippen molar-refractivity contribution in [3.8, 4) is 0 Å². The summed E-state index contributed by atoms with van der Waals surface area (Å²) in [6.07, 6.45) is 8.61. The molecule has 3 atom stereocenters. The van der Waals surface area contributed by atoms with Gasteiger partial charge >= 0.3 is 0 Å². The lowest BCUT2D eigenvalue weighted by Gasteiger charge is -2.51. The van der Waals surface area contributed by atoms with E-state index in [2.05, 4.69) is 12.2 Å². The summed E-state index contributed by atoms with van der Waals surface area (Å²) >= 11 is 0. The quantitative estimate of drug-likeness (QED) is 0.758. The Morgan fingerprint density at radius 3 is 2.93 bits per heavy atom. The Morgan fingerprint density at radius 2 is 2.20 bits per heavy atom. The molecule has 15 heavy (non-hydrogen) atoms. The molecule has 1 spiro atoms. The van der Waals surface area contributed by atoms with Gasteiger partial charge in [0.25, 0.3) is 0 Å². The number of hydrogen-bond donors (Lipinski definition) is 1. The summed E-state index contributed by atoms with van der Waals surface area (Å²) in [5.41, 5.74) is 0.507. The lowest BCUT2D eigenvalue weighted by Crippen LogP contribution is -2.53. The van der Waals surface area contributed by atoms with Crippen LogP contribution < -0.4 is 5.32 Å². The zero-order chi connectivity index (χ0) is 10.7. The van der Waals surface area contributed by atoms with E-state index < -0.39 is 0 Å². The Hall–Kier alpha value is -0.0800. The molecule has 2 heteroatoms. The molecule has 2 nitrogen and oxygen atoms in total. The topological polar surface area (TPSA) is 21.3 Å². The molecule has 1 N–H and O–H groups in total. The van der Waals surface area contributed by atoms with Crippen molar-refractivity contribution in [3.63, 3.8) is 0 Å². The van der Waals surface area contributed by atoms with Crippen LogP contribution in [0.1, 0.15) is 45.4 Å². The molecule has 2 aliphatic rings. The van der Waals surface area contributed by atoms with Crippen LogP contribution in [0.15, 0.2) is 0 Å². The first kappa shape index (κ1) is 11.4. The average molecular weight is 211 g/mol. The lowest BCUT2D eigenvalue weighted by molar-refractivity contribution is -0.0921. The maximum atomic E-state index is 5.79. The zero-order valence-corrected chi connectivity index (χ0v) is 10.2. The molecule has 2 rings (SSSR count). The van der Waals surface area contributed by atoms with Gasteiger partial charge < -0.3 is 10.1 Å². The van der Waals surface area contributed by atoms with Crippen LogP contribution >= 0.6 is 0 Å². The van der Waals surface area contributed by atoms with Gasteiger partial charge in [0, 0.05) is 12.5 Å². The molecule has 2 fully saturated rings. The minimum absolute atomic E-state index is 0.507. The van der Waals surface area contributed by atoms with E-state index in [9.17, 15) is 0 Å². The van der Waals surface area contributed by atoms with Gasteiger partial charge in [-0.3, -0.25) is 0 Å². The summed E-state index contributed by atoms with van der Waals surface area (Å²) in [6.45, 7) is 4.73. The normalized spacial score (nSPS) is 42.0. The molecule has 0 bridgehead atoms. The molecule has 0 radical (unpaired) electrons. The van der Waals surface area contributed by atoms with E-state index in [1.54, 1.807) is 0 Å². The van der Waals surface area contributed by atoms with Crippen molar-refractivity contribution in [2.75, 3.05) is 20.2 Å². The van der Waals surface area contributed by atoms with Crippen molar-refractivity contribution < 1.29 is 4.74 Å². The van der Waals surface area contributed by atoms with Crippen LogP contribution in [0.3, 0.4) is 0 Å². The standard InChI is InChI=1S/C13H25NO/c1-3-11-10-14-9-8-13(11)7-5-4-6-12(13)15-2/h11-12,14H,3-10H2,1-2H3. The van der Waals surface area contributed by atoms with Gasteiger partial charge in [-0.1, -0.05) is 26.2 Å². The second-order valence-corrected chi connectivity index (χ2v) is 5.26. The largest absolute Gasteiger partial charge is 0.381 e. The maximum Gasteiger partial charge on any atom is 0.0631 e. The van der Waals surface area contributed by atoms with Gasteiger partial charge in [-0.05, 0) is 38.3 Å². The van der Waals surface area contributed by atoms with Gasteiger partial charge in [-0.15, -0.1) is 0 Å². The Labute approximate surface area is 93.8 Å². The van der Waals surface area contributed by atoms with E-state index in [0.29, 0.717) is 11.5 Å². The van der Waals surface area contributed by atoms with Crippen molar-refractivity contribution in [2.45, 2.75) is 51.6 Å². The molecular weight excluding hydrogens is 186 g/mol. The average Bonchev–Trinajstić information content (AvgIpc) is 2.30. The molecule has 0 amide bonds. The fourth-order valence-electron chi connectivity index (χ4n) is 3.89. The third-order valence-electron chi connectivity index (χ3n) is 4.75.